The van der Waals surface area contributed by atoms with Crippen molar-refractivity contribution >= 4 is 34.8 Å². The van der Waals surface area contributed by atoms with Gasteiger partial charge in [-0.25, -0.2) is 18.7 Å². The van der Waals surface area contributed by atoms with Crippen LogP contribution in [0.2, 0.25) is 5.02 Å². The zero-order valence-electron chi connectivity index (χ0n) is 26.0. The van der Waals surface area contributed by atoms with Crippen molar-refractivity contribution in [1.29, 1.82) is 0 Å². The third kappa shape index (κ3) is 7.00. The fourth-order valence-electron chi connectivity index (χ4n) is 5.91. The molecule has 0 amide bonds. The molecule has 2 fully saturated rings. The molecule has 8 rings (SSSR count). The van der Waals surface area contributed by atoms with Gasteiger partial charge in [-0.05, 0) is 62.1 Å². The van der Waals surface area contributed by atoms with Crippen LogP contribution in [0.1, 0.15) is 25.7 Å². The first-order chi connectivity index (χ1) is 22.9. The average molecular weight is 657 g/mol. The first-order valence-electron chi connectivity index (χ1n) is 15.8. The lowest BCUT2D eigenvalue weighted by molar-refractivity contribution is 0.276. The number of hydrogen-bond acceptors (Lipinski definition) is 7. The van der Waals surface area contributed by atoms with E-state index in [1.807, 2.05) is 94.3 Å². The highest BCUT2D eigenvalue weighted by atomic mass is 35.5. The molecule has 12 heteroatoms. The van der Waals surface area contributed by atoms with Crippen LogP contribution in [0, 0.1) is 0 Å². The van der Waals surface area contributed by atoms with E-state index in [9.17, 15) is 8.78 Å². The molecule has 0 unspecified atom stereocenters. The Labute approximate surface area is 276 Å². The van der Waals surface area contributed by atoms with Gasteiger partial charge in [-0.1, -0.05) is 35.9 Å². The van der Waals surface area contributed by atoms with Crippen molar-refractivity contribution in [2.75, 3.05) is 43.1 Å². The van der Waals surface area contributed by atoms with Gasteiger partial charge in [0.05, 0.1) is 18.5 Å². The lowest BCUT2D eigenvalue weighted by atomic mass is 10.1. The van der Waals surface area contributed by atoms with E-state index in [0.717, 1.165) is 39.9 Å². The van der Waals surface area contributed by atoms with Crippen LogP contribution in [0.5, 0.6) is 5.75 Å². The van der Waals surface area contributed by atoms with Gasteiger partial charge in [0.1, 0.15) is 29.7 Å². The van der Waals surface area contributed by atoms with E-state index in [4.69, 9.17) is 16.3 Å². The monoisotopic (exact) mass is 656 g/mol. The molecular formula is C35H35ClF2N8O. The Morgan fingerprint density at radius 1 is 0.660 bits per heavy atom. The number of halogens is 3. The van der Waals surface area contributed by atoms with E-state index in [-0.39, 0.29) is 0 Å². The second-order valence-corrected chi connectivity index (χ2v) is 12.2. The molecule has 0 saturated carbocycles. The molecule has 9 nitrogen and oxygen atoms in total. The van der Waals surface area contributed by atoms with Crippen molar-refractivity contribution in [2.24, 2.45) is 0 Å². The van der Waals surface area contributed by atoms with Crippen molar-refractivity contribution in [3.05, 3.63) is 90.5 Å². The maximum Gasteiger partial charge on any atom is 0.236 e. The maximum atomic E-state index is 13.3. The first-order valence-corrected chi connectivity index (χ1v) is 16.2. The van der Waals surface area contributed by atoms with Crippen molar-refractivity contribution < 1.29 is 13.5 Å². The van der Waals surface area contributed by atoms with E-state index >= 15 is 0 Å². The van der Waals surface area contributed by atoms with Gasteiger partial charge >= 0.3 is 0 Å². The minimum Gasteiger partial charge on any atom is -0.497 e. The van der Waals surface area contributed by atoms with E-state index in [1.54, 1.807) is 7.11 Å². The lowest BCUT2D eigenvalue weighted by Gasteiger charge is -2.29. The topological polar surface area (TPSA) is 76.1 Å². The summed E-state index contributed by atoms with van der Waals surface area (Å²) < 4.78 is 35.6. The summed E-state index contributed by atoms with van der Waals surface area (Å²) in [5.74, 6) is 3.81. The van der Waals surface area contributed by atoms with E-state index in [0.29, 0.717) is 68.4 Å². The highest BCUT2D eigenvalue weighted by molar-refractivity contribution is 6.30. The zero-order valence-corrected chi connectivity index (χ0v) is 26.8. The minimum atomic E-state index is -0.684. The van der Waals surface area contributed by atoms with Gasteiger partial charge in [-0.3, -0.25) is 8.80 Å². The number of imidazole rings is 2. The van der Waals surface area contributed by atoms with Crippen molar-refractivity contribution in [3.63, 3.8) is 0 Å². The summed E-state index contributed by atoms with van der Waals surface area (Å²) in [6.45, 7) is 2.81. The van der Waals surface area contributed by atoms with Gasteiger partial charge in [0.15, 0.2) is 0 Å². The molecule has 2 aromatic carbocycles. The van der Waals surface area contributed by atoms with Gasteiger partial charge in [-0.15, -0.1) is 0 Å². The standard InChI is InChI=1S/C18H19FN4O.C17H16ClFN4/c1-24-15-4-2-3-13(11-15)16-12-23-10-7-17(21-18(23)20-16)22-8-5-14(19)6-9-22;18-13-3-1-12(2-4-13)15-11-23-10-7-16(21-17(23)20-15)22-8-5-14(19)6-9-22/h2-4,7,10-12,14H,5-6,8-9H2,1H3;1-4,7,10-11,14H,5-6,8-9H2. The molecule has 0 aliphatic carbocycles. The van der Waals surface area contributed by atoms with Crippen molar-refractivity contribution in [3.8, 4) is 28.3 Å². The fourth-order valence-corrected chi connectivity index (χ4v) is 6.04. The van der Waals surface area contributed by atoms with Crippen LogP contribution in [0.4, 0.5) is 20.4 Å². The van der Waals surface area contributed by atoms with Gasteiger partial charge in [-0.2, -0.15) is 9.97 Å². The average Bonchev–Trinajstić information content (AvgIpc) is 3.74. The molecule has 242 valence electrons. The van der Waals surface area contributed by atoms with Crippen LogP contribution in [-0.4, -0.2) is 74.4 Å². The fraction of sp³-hybridized carbons (Fsp3) is 0.314. The van der Waals surface area contributed by atoms with Crippen LogP contribution in [0.25, 0.3) is 34.1 Å². The van der Waals surface area contributed by atoms with Crippen molar-refractivity contribution in [1.82, 2.24) is 28.7 Å². The number of rotatable bonds is 5. The van der Waals surface area contributed by atoms with Crippen LogP contribution in [0.3, 0.4) is 0 Å². The third-order valence-corrected chi connectivity index (χ3v) is 8.88. The number of alkyl halides is 2. The molecule has 4 aromatic heterocycles. The maximum absolute atomic E-state index is 13.3. The summed E-state index contributed by atoms with van der Waals surface area (Å²) in [5, 5.41) is 0.703. The number of anilines is 2. The van der Waals surface area contributed by atoms with Crippen LogP contribution in [0.15, 0.2) is 85.5 Å². The summed E-state index contributed by atoms with van der Waals surface area (Å²) in [6.07, 6.45) is 8.70. The Kier molecular flexibility index (Phi) is 8.88. The number of fused-ring (bicyclic) bond motifs is 2. The predicted molar refractivity (Wildman–Crippen MR) is 181 cm³/mol. The second kappa shape index (κ2) is 13.5. The highest BCUT2D eigenvalue weighted by Crippen LogP contribution is 2.26. The molecule has 6 heterocycles. The second-order valence-electron chi connectivity index (χ2n) is 11.8. The third-order valence-electron chi connectivity index (χ3n) is 8.63. The number of hydrogen-bond donors (Lipinski definition) is 0. The SMILES string of the molecule is COc1cccc(-c2cn3ccc(N4CCC(F)CC4)nc3n2)c1.FC1CCN(c2ccn3cc(-c4ccc(Cl)cc4)nc3n2)CC1. The first kappa shape index (κ1) is 30.9. The molecule has 2 saturated heterocycles. The molecular weight excluding hydrogens is 622 g/mol. The molecule has 0 N–H and O–H groups in total. The van der Waals surface area contributed by atoms with E-state index in [2.05, 4.69) is 29.7 Å². The number of benzene rings is 2. The Balaban J connectivity index is 0.000000150. The van der Waals surface area contributed by atoms with Gasteiger partial charge in [0.2, 0.25) is 11.6 Å². The number of methoxy groups -OCH3 is 1. The number of piperidine rings is 2. The normalized spacial score (nSPS) is 16.0. The van der Waals surface area contributed by atoms with Gasteiger partial charge in [0, 0.05) is 67.1 Å². The highest BCUT2D eigenvalue weighted by Gasteiger charge is 2.21. The molecule has 0 bridgehead atoms. The molecule has 2 aliphatic heterocycles. The molecule has 0 atom stereocenters. The Morgan fingerprint density at radius 3 is 1.68 bits per heavy atom. The lowest BCUT2D eigenvalue weighted by Crippen LogP contribution is -2.34. The van der Waals surface area contributed by atoms with E-state index < -0.39 is 12.3 Å². The Morgan fingerprint density at radius 2 is 1.17 bits per heavy atom. The number of aromatic nitrogens is 6. The summed E-state index contributed by atoms with van der Waals surface area (Å²) in [7, 11) is 1.65. The Hall–Kier alpha value is -4.77. The van der Waals surface area contributed by atoms with Crippen LogP contribution in [-0.2, 0) is 0 Å². The molecule has 0 spiro atoms. The smallest absolute Gasteiger partial charge is 0.236 e. The quantitative estimate of drug-likeness (QED) is 0.192. The van der Waals surface area contributed by atoms with Gasteiger partial charge < -0.3 is 14.5 Å². The predicted octanol–water partition coefficient (Wildman–Crippen LogP) is 7.33. The molecule has 2 aliphatic rings. The summed E-state index contributed by atoms with van der Waals surface area (Å²) in [5.41, 5.74) is 3.69. The Bertz CT molecular complexity index is 1960. The molecule has 6 aromatic rings. The molecule has 0 radical (unpaired) electrons. The number of ether oxygens (including phenoxy) is 1. The summed E-state index contributed by atoms with van der Waals surface area (Å²) >= 11 is 5.92. The summed E-state index contributed by atoms with van der Waals surface area (Å²) in [6, 6.07) is 19.3. The minimum absolute atomic E-state index is 0.566. The van der Waals surface area contributed by atoms with Crippen molar-refractivity contribution in [2.45, 2.75) is 38.0 Å². The largest absolute Gasteiger partial charge is 0.497 e. The molecule has 47 heavy (non-hydrogen) atoms. The van der Waals surface area contributed by atoms with Crippen LogP contribution >= 0.6 is 11.6 Å². The van der Waals surface area contributed by atoms with E-state index in [1.165, 1.54) is 0 Å². The van der Waals surface area contributed by atoms with Crippen LogP contribution < -0.4 is 14.5 Å². The zero-order chi connectivity index (χ0) is 32.3. The van der Waals surface area contributed by atoms with Gasteiger partial charge in [0.25, 0.3) is 0 Å². The summed E-state index contributed by atoms with van der Waals surface area (Å²) in [4.78, 5) is 22.7. The number of nitrogens with zero attached hydrogens (tertiary/aromatic N) is 8.